The molecule has 118 valence electrons. The third-order valence-corrected chi connectivity index (χ3v) is 4.07. The fourth-order valence-corrected chi connectivity index (χ4v) is 2.82. The Morgan fingerprint density at radius 1 is 1.30 bits per heavy atom. The highest BCUT2D eigenvalue weighted by Gasteiger charge is 2.35. The quantitative estimate of drug-likeness (QED) is 0.552. The van der Waals surface area contributed by atoms with Crippen LogP contribution in [0, 0.1) is 0 Å². The van der Waals surface area contributed by atoms with Gasteiger partial charge in [-0.15, -0.1) is 0 Å². The van der Waals surface area contributed by atoms with E-state index in [0.717, 1.165) is 12.8 Å². The van der Waals surface area contributed by atoms with E-state index in [1.807, 2.05) is 0 Å². The zero-order valence-electron chi connectivity index (χ0n) is 12.6. The highest BCUT2D eigenvalue weighted by Crippen LogP contribution is 2.19. The highest BCUT2D eigenvalue weighted by atomic mass is 16.3. The standard InChI is InChI=1S/C15H30N2O3/c1-2-3-4-5-6-7-8-14(16)15(20)17-10-13(19)9-12(17)11-18/h12-14,18-19H,2-11,16H2,1H3. The van der Waals surface area contributed by atoms with Gasteiger partial charge >= 0.3 is 0 Å². The van der Waals surface area contributed by atoms with E-state index in [2.05, 4.69) is 6.92 Å². The normalized spacial score (nSPS) is 24.1. The molecule has 0 bridgehead atoms. The lowest BCUT2D eigenvalue weighted by Gasteiger charge is -2.25. The monoisotopic (exact) mass is 286 g/mol. The van der Waals surface area contributed by atoms with Crippen LogP contribution in [0.3, 0.4) is 0 Å². The molecule has 1 heterocycles. The maximum atomic E-state index is 12.2. The first-order chi connectivity index (χ1) is 9.60. The average Bonchev–Trinajstić information content (AvgIpc) is 2.82. The third-order valence-electron chi connectivity index (χ3n) is 4.07. The van der Waals surface area contributed by atoms with Gasteiger partial charge in [-0.05, 0) is 12.8 Å². The summed E-state index contributed by atoms with van der Waals surface area (Å²) in [5, 5.41) is 18.8. The number of carbonyl (C=O) groups is 1. The van der Waals surface area contributed by atoms with Crippen molar-refractivity contribution >= 4 is 5.91 Å². The van der Waals surface area contributed by atoms with Crippen molar-refractivity contribution in [1.82, 2.24) is 4.90 Å². The van der Waals surface area contributed by atoms with Crippen molar-refractivity contribution in [2.24, 2.45) is 5.73 Å². The van der Waals surface area contributed by atoms with Gasteiger partial charge in [-0.1, -0.05) is 45.4 Å². The summed E-state index contributed by atoms with van der Waals surface area (Å²) in [4.78, 5) is 13.8. The number of nitrogens with zero attached hydrogens (tertiary/aromatic N) is 1. The Morgan fingerprint density at radius 2 is 1.95 bits per heavy atom. The second-order valence-electron chi connectivity index (χ2n) is 5.88. The third kappa shape index (κ3) is 5.38. The number of β-amino-alcohol motifs (C(OH)–C–C–N with tert-alkyl or cyclic N) is 1. The van der Waals surface area contributed by atoms with E-state index >= 15 is 0 Å². The van der Waals surface area contributed by atoms with Crippen LogP contribution in [-0.2, 0) is 4.79 Å². The number of hydrogen-bond donors (Lipinski definition) is 3. The van der Waals surface area contributed by atoms with Crippen LogP contribution in [0.1, 0.15) is 58.3 Å². The molecule has 0 radical (unpaired) electrons. The van der Waals surface area contributed by atoms with Crippen LogP contribution in [0.2, 0.25) is 0 Å². The molecule has 0 aromatic carbocycles. The van der Waals surface area contributed by atoms with Gasteiger partial charge in [0.15, 0.2) is 0 Å². The predicted molar refractivity (Wildman–Crippen MR) is 79.2 cm³/mol. The molecule has 0 saturated carbocycles. The molecule has 0 spiro atoms. The number of carbonyl (C=O) groups excluding carboxylic acids is 1. The number of nitrogens with two attached hydrogens (primary N) is 1. The van der Waals surface area contributed by atoms with Crippen molar-refractivity contribution in [3.05, 3.63) is 0 Å². The highest BCUT2D eigenvalue weighted by molar-refractivity contribution is 5.82. The largest absolute Gasteiger partial charge is 0.394 e. The fourth-order valence-electron chi connectivity index (χ4n) is 2.82. The van der Waals surface area contributed by atoms with Crippen LogP contribution in [0.25, 0.3) is 0 Å². The van der Waals surface area contributed by atoms with Gasteiger partial charge in [-0.3, -0.25) is 4.79 Å². The van der Waals surface area contributed by atoms with Crippen molar-refractivity contribution in [2.75, 3.05) is 13.2 Å². The minimum absolute atomic E-state index is 0.105. The zero-order chi connectivity index (χ0) is 15.0. The number of likely N-dealkylation sites (tertiary alicyclic amines) is 1. The summed E-state index contributed by atoms with van der Waals surface area (Å²) in [5.41, 5.74) is 5.95. The lowest BCUT2D eigenvalue weighted by Crippen LogP contribution is -2.47. The number of hydrogen-bond acceptors (Lipinski definition) is 4. The van der Waals surface area contributed by atoms with E-state index in [-0.39, 0.29) is 18.6 Å². The van der Waals surface area contributed by atoms with Crippen LogP contribution in [0.5, 0.6) is 0 Å². The molecule has 1 rings (SSSR count). The minimum atomic E-state index is -0.530. The Hall–Kier alpha value is -0.650. The molecule has 3 unspecified atom stereocenters. The molecule has 1 saturated heterocycles. The summed E-state index contributed by atoms with van der Waals surface area (Å²) in [7, 11) is 0. The maximum Gasteiger partial charge on any atom is 0.239 e. The molecule has 0 aliphatic carbocycles. The molecule has 0 aromatic heterocycles. The Balaban J connectivity index is 2.25. The van der Waals surface area contributed by atoms with Gasteiger partial charge in [0, 0.05) is 6.54 Å². The number of aliphatic hydroxyl groups excluding tert-OH is 2. The summed E-state index contributed by atoms with van der Waals surface area (Å²) >= 11 is 0. The maximum absolute atomic E-state index is 12.2. The van der Waals surface area contributed by atoms with E-state index < -0.39 is 12.1 Å². The second kappa shape index (κ2) is 9.32. The molecule has 5 nitrogen and oxygen atoms in total. The molecule has 1 aliphatic heterocycles. The number of aliphatic hydroxyl groups is 2. The Bertz CT molecular complexity index is 286. The molecule has 4 N–H and O–H groups in total. The number of rotatable bonds is 9. The number of unbranched alkanes of at least 4 members (excludes halogenated alkanes) is 5. The summed E-state index contributed by atoms with van der Waals surface area (Å²) in [6, 6.07) is -0.770. The van der Waals surface area contributed by atoms with Crippen molar-refractivity contribution in [2.45, 2.75) is 76.5 Å². The smallest absolute Gasteiger partial charge is 0.239 e. The molecule has 3 atom stereocenters. The van der Waals surface area contributed by atoms with Gasteiger partial charge in [-0.2, -0.15) is 0 Å². The van der Waals surface area contributed by atoms with Gasteiger partial charge < -0.3 is 20.8 Å². The lowest BCUT2D eigenvalue weighted by molar-refractivity contribution is -0.134. The molecule has 0 aromatic rings. The average molecular weight is 286 g/mol. The van der Waals surface area contributed by atoms with E-state index in [4.69, 9.17) is 5.73 Å². The van der Waals surface area contributed by atoms with Gasteiger partial charge in [0.1, 0.15) is 0 Å². The molecular weight excluding hydrogens is 256 g/mol. The van der Waals surface area contributed by atoms with E-state index in [1.54, 1.807) is 4.90 Å². The summed E-state index contributed by atoms with van der Waals surface area (Å²) in [6.45, 7) is 2.39. The molecular formula is C15H30N2O3. The predicted octanol–water partition coefficient (Wildman–Crippen LogP) is 1.02. The van der Waals surface area contributed by atoms with Crippen LogP contribution < -0.4 is 5.73 Å². The van der Waals surface area contributed by atoms with E-state index in [0.29, 0.717) is 19.4 Å². The summed E-state index contributed by atoms with van der Waals surface area (Å²) in [6.07, 6.45) is 7.66. The Labute approximate surface area is 122 Å². The van der Waals surface area contributed by atoms with Crippen molar-refractivity contribution in [3.8, 4) is 0 Å². The molecule has 5 heteroatoms. The molecule has 20 heavy (non-hydrogen) atoms. The topological polar surface area (TPSA) is 86.8 Å². The van der Waals surface area contributed by atoms with Crippen LogP contribution in [-0.4, -0.2) is 52.4 Å². The van der Waals surface area contributed by atoms with Gasteiger partial charge in [0.05, 0.1) is 24.8 Å². The Morgan fingerprint density at radius 3 is 2.60 bits per heavy atom. The second-order valence-corrected chi connectivity index (χ2v) is 5.88. The van der Waals surface area contributed by atoms with Crippen LogP contribution in [0.15, 0.2) is 0 Å². The van der Waals surface area contributed by atoms with E-state index in [1.165, 1.54) is 25.7 Å². The summed E-state index contributed by atoms with van der Waals surface area (Å²) in [5.74, 6) is -0.130. The van der Waals surface area contributed by atoms with Crippen molar-refractivity contribution in [3.63, 3.8) is 0 Å². The summed E-state index contributed by atoms with van der Waals surface area (Å²) < 4.78 is 0. The van der Waals surface area contributed by atoms with Gasteiger partial charge in [0.25, 0.3) is 0 Å². The minimum Gasteiger partial charge on any atom is -0.394 e. The lowest BCUT2D eigenvalue weighted by atomic mass is 10.1. The molecule has 1 aliphatic rings. The van der Waals surface area contributed by atoms with Crippen LogP contribution >= 0.6 is 0 Å². The first kappa shape index (κ1) is 17.4. The zero-order valence-corrected chi connectivity index (χ0v) is 12.6. The number of amides is 1. The van der Waals surface area contributed by atoms with Gasteiger partial charge in [-0.25, -0.2) is 0 Å². The van der Waals surface area contributed by atoms with Crippen molar-refractivity contribution in [1.29, 1.82) is 0 Å². The first-order valence-electron chi connectivity index (χ1n) is 7.95. The van der Waals surface area contributed by atoms with Gasteiger partial charge in [0.2, 0.25) is 5.91 Å². The first-order valence-corrected chi connectivity index (χ1v) is 7.95. The molecule has 1 fully saturated rings. The molecule has 1 amide bonds. The SMILES string of the molecule is CCCCCCCCC(N)C(=O)N1CC(O)CC1CO. The van der Waals surface area contributed by atoms with Crippen LogP contribution in [0.4, 0.5) is 0 Å². The van der Waals surface area contributed by atoms with E-state index in [9.17, 15) is 15.0 Å². The Kier molecular flexibility index (Phi) is 8.11. The fraction of sp³-hybridized carbons (Fsp3) is 0.933. The van der Waals surface area contributed by atoms with Crippen molar-refractivity contribution < 1.29 is 15.0 Å².